The van der Waals surface area contributed by atoms with Gasteiger partial charge in [-0.1, -0.05) is 0 Å². The van der Waals surface area contributed by atoms with Crippen LogP contribution in [0.5, 0.6) is 0 Å². The molecule has 0 aliphatic heterocycles. The highest BCUT2D eigenvalue weighted by Crippen LogP contribution is 2.61. The first-order valence-electron chi connectivity index (χ1n) is 11.5. The zero-order valence-corrected chi connectivity index (χ0v) is 24.0. The molecule has 0 aliphatic carbocycles. The van der Waals surface area contributed by atoms with Crippen LogP contribution < -0.4 is 5.32 Å². The molecule has 0 aliphatic rings. The fourth-order valence-corrected chi connectivity index (χ4v) is 8.01. The van der Waals surface area contributed by atoms with Crippen molar-refractivity contribution in [2.75, 3.05) is 13.1 Å². The van der Waals surface area contributed by atoms with Gasteiger partial charge in [0.15, 0.2) is 5.83 Å². The lowest BCUT2D eigenvalue weighted by Crippen LogP contribution is -2.70. The van der Waals surface area contributed by atoms with E-state index in [0.29, 0.717) is 0 Å². The van der Waals surface area contributed by atoms with Gasteiger partial charge in [-0.3, -0.25) is 0 Å². The fourth-order valence-electron chi connectivity index (χ4n) is 2.97. The summed E-state index contributed by atoms with van der Waals surface area (Å²) >= 11 is 0. The standard InChI is InChI=1S/C18H20F21NO4Si2/c1-45(41,8-4-10(20,21)12(24,25)14(28,29)15(30,31)16(32,33)18(37,38)39)44-46(42,43)7-2-5-40-6-3-9(19)11(22,23)13(26,27)17(34,35)36/h3,40-43H,2,4-8H2,1H3/b9-3-. The molecule has 1 unspecified atom stereocenters. The van der Waals surface area contributed by atoms with Gasteiger partial charge in [0.05, 0.1) is 0 Å². The van der Waals surface area contributed by atoms with Crippen LogP contribution in [0.15, 0.2) is 11.9 Å². The first kappa shape index (κ1) is 44.5. The maximum Gasteiger partial charge on any atom is 0.486 e. The fraction of sp³-hybridized carbons (Fsp3) is 0.889. The Balaban J connectivity index is 5.36. The normalized spacial score (nSPS) is 17.4. The molecular formula is C18H20F21NO4Si2. The molecular weight excluding hydrogens is 749 g/mol. The van der Waals surface area contributed by atoms with Crippen molar-refractivity contribution in [2.24, 2.45) is 0 Å². The molecule has 0 saturated carbocycles. The molecule has 4 N–H and O–H groups in total. The van der Waals surface area contributed by atoms with Crippen LogP contribution >= 0.6 is 0 Å². The first-order valence-corrected chi connectivity index (χ1v) is 16.1. The molecule has 0 aromatic heterocycles. The molecule has 0 heterocycles. The number of hydrogen-bond donors (Lipinski definition) is 4. The van der Waals surface area contributed by atoms with Gasteiger partial charge < -0.3 is 23.8 Å². The first-order chi connectivity index (χ1) is 19.8. The smallest absolute Gasteiger partial charge is 0.411 e. The van der Waals surface area contributed by atoms with Crippen molar-refractivity contribution in [3.63, 3.8) is 0 Å². The van der Waals surface area contributed by atoms with E-state index in [1.807, 2.05) is 5.32 Å². The van der Waals surface area contributed by atoms with E-state index in [1.165, 1.54) is 0 Å². The van der Waals surface area contributed by atoms with Gasteiger partial charge in [-0.15, -0.1) is 0 Å². The lowest BCUT2D eigenvalue weighted by Gasteiger charge is -2.40. The largest absolute Gasteiger partial charge is 0.486 e. The highest BCUT2D eigenvalue weighted by molar-refractivity contribution is 6.75. The zero-order valence-electron chi connectivity index (χ0n) is 22.0. The highest BCUT2D eigenvalue weighted by atomic mass is 28.5. The summed E-state index contributed by atoms with van der Waals surface area (Å²) in [7, 11) is -10.5. The van der Waals surface area contributed by atoms with E-state index in [0.717, 1.165) is 0 Å². The van der Waals surface area contributed by atoms with E-state index in [2.05, 4.69) is 4.12 Å². The van der Waals surface area contributed by atoms with Gasteiger partial charge in [0, 0.05) is 19.0 Å². The second-order valence-electron chi connectivity index (χ2n) is 9.53. The molecule has 0 rings (SSSR count). The SMILES string of the molecule is C[Si](O)(CCC(F)(F)C(F)(F)C(F)(F)C(F)(F)C(F)(F)C(F)(F)F)O[Si](O)(O)CCCNC/C=C(\F)C(F)(F)C(F)(F)C(F)(F)F. The molecule has 0 amide bonds. The third kappa shape index (κ3) is 8.94. The Labute approximate surface area is 244 Å². The second kappa shape index (κ2) is 13.4. The van der Waals surface area contributed by atoms with Crippen LogP contribution in [0.3, 0.4) is 0 Å². The van der Waals surface area contributed by atoms with Gasteiger partial charge in [-0.05, 0) is 31.6 Å². The van der Waals surface area contributed by atoms with Gasteiger partial charge in [-0.2, -0.15) is 87.8 Å². The maximum atomic E-state index is 13.9. The average molecular weight is 769 g/mol. The number of halogens is 21. The number of allylic oxidation sites excluding steroid dienone is 1. The van der Waals surface area contributed by atoms with Crippen molar-refractivity contribution in [3.05, 3.63) is 11.9 Å². The summed E-state index contributed by atoms with van der Waals surface area (Å²) in [6, 6.07) is -3.09. The van der Waals surface area contributed by atoms with Crippen molar-refractivity contribution in [2.45, 2.75) is 85.3 Å². The summed E-state index contributed by atoms with van der Waals surface area (Å²) in [6.45, 7) is -1.59. The Kier molecular flexibility index (Phi) is 13.0. The number of rotatable bonds is 17. The maximum absolute atomic E-state index is 13.9. The van der Waals surface area contributed by atoms with Crippen LogP contribution in [0.4, 0.5) is 92.2 Å². The zero-order chi connectivity index (χ0) is 37.4. The van der Waals surface area contributed by atoms with Crippen LogP contribution in [0.1, 0.15) is 12.8 Å². The third-order valence-electron chi connectivity index (χ3n) is 5.62. The Morgan fingerprint density at radius 3 is 1.46 bits per heavy atom. The molecule has 1 atom stereocenters. The van der Waals surface area contributed by atoms with Crippen molar-refractivity contribution in [3.8, 4) is 0 Å². The predicted octanol–water partition coefficient (Wildman–Crippen LogP) is 6.79. The summed E-state index contributed by atoms with van der Waals surface area (Å²) in [5, 5.41) is 1.90. The molecule has 276 valence electrons. The number of nitrogens with one attached hydrogen (secondary N) is 1. The summed E-state index contributed by atoms with van der Waals surface area (Å²) in [6.07, 6.45) is -18.5. The Hall–Kier alpha value is -1.50. The molecule has 0 spiro atoms. The predicted molar refractivity (Wildman–Crippen MR) is 113 cm³/mol. The second-order valence-corrected chi connectivity index (χ2v) is 15.2. The number of hydrogen-bond acceptors (Lipinski definition) is 5. The molecule has 5 nitrogen and oxygen atoms in total. The van der Waals surface area contributed by atoms with Crippen molar-refractivity contribution >= 4 is 17.4 Å². The van der Waals surface area contributed by atoms with E-state index in [9.17, 15) is 107 Å². The highest BCUT2D eigenvalue weighted by Gasteiger charge is 2.90. The molecule has 28 heteroatoms. The molecule has 46 heavy (non-hydrogen) atoms. The van der Waals surface area contributed by atoms with Gasteiger partial charge in [0.25, 0.3) is 0 Å². The van der Waals surface area contributed by atoms with Crippen LogP contribution in [0.25, 0.3) is 0 Å². The molecule has 0 fully saturated rings. The lowest BCUT2D eigenvalue weighted by atomic mass is 9.93. The van der Waals surface area contributed by atoms with Crippen molar-refractivity contribution < 1.29 is 111 Å². The number of alkyl halides is 20. The molecule has 0 aromatic rings. The van der Waals surface area contributed by atoms with Crippen LogP contribution in [0, 0.1) is 0 Å². The summed E-state index contributed by atoms with van der Waals surface area (Å²) in [4.78, 5) is 29.5. The minimum Gasteiger partial charge on any atom is -0.411 e. The minimum absolute atomic E-state index is 0.280. The van der Waals surface area contributed by atoms with Crippen molar-refractivity contribution in [1.82, 2.24) is 5.32 Å². The molecule has 0 saturated heterocycles. The topological polar surface area (TPSA) is 82.0 Å². The van der Waals surface area contributed by atoms with Gasteiger partial charge >= 0.3 is 71.2 Å². The van der Waals surface area contributed by atoms with E-state index >= 15 is 0 Å². The van der Waals surface area contributed by atoms with E-state index in [-0.39, 0.29) is 6.55 Å². The monoisotopic (exact) mass is 769 g/mol. The summed E-state index contributed by atoms with van der Waals surface area (Å²) in [5.74, 6) is -54.9. The van der Waals surface area contributed by atoms with Gasteiger partial charge in [-0.25, -0.2) is 4.39 Å². The molecule has 0 bridgehead atoms. The van der Waals surface area contributed by atoms with E-state index in [1.54, 1.807) is 0 Å². The van der Waals surface area contributed by atoms with Crippen molar-refractivity contribution in [1.29, 1.82) is 0 Å². The van der Waals surface area contributed by atoms with Crippen LogP contribution in [-0.2, 0) is 4.12 Å². The summed E-state index contributed by atoms with van der Waals surface area (Å²) < 4.78 is 277. The van der Waals surface area contributed by atoms with Gasteiger partial charge in [0.1, 0.15) is 0 Å². The average Bonchev–Trinajstić information content (AvgIpc) is 2.82. The quantitative estimate of drug-likeness (QED) is 0.0746. The van der Waals surface area contributed by atoms with Crippen LogP contribution in [-0.4, -0.2) is 98.7 Å². The van der Waals surface area contributed by atoms with E-state index in [4.69, 9.17) is 0 Å². The Morgan fingerprint density at radius 1 is 0.630 bits per heavy atom. The molecule has 0 radical (unpaired) electrons. The Bertz CT molecular complexity index is 1060. The molecule has 0 aromatic carbocycles. The van der Waals surface area contributed by atoms with Gasteiger partial charge in [0.2, 0.25) is 0 Å². The van der Waals surface area contributed by atoms with Crippen LogP contribution in [0.2, 0.25) is 18.6 Å². The van der Waals surface area contributed by atoms with E-state index < -0.39 is 121 Å². The minimum atomic E-state index is -8.16. The Morgan fingerprint density at radius 2 is 1.04 bits per heavy atom. The lowest BCUT2D eigenvalue weighted by molar-refractivity contribution is -0.440. The third-order valence-corrected chi connectivity index (χ3v) is 10.9. The summed E-state index contributed by atoms with van der Waals surface area (Å²) in [5.41, 5.74) is 0.